The van der Waals surface area contributed by atoms with Crippen molar-refractivity contribution in [1.29, 1.82) is 0 Å². The van der Waals surface area contributed by atoms with Crippen LogP contribution in [0.3, 0.4) is 0 Å². The molecule has 1 aliphatic heterocycles. The zero-order valence-electron chi connectivity index (χ0n) is 12.4. The molecular formula is C15H22ClFN2O2. The fourth-order valence-electron chi connectivity index (χ4n) is 2.46. The lowest BCUT2D eigenvalue weighted by Gasteiger charge is -2.19. The van der Waals surface area contributed by atoms with E-state index >= 15 is 0 Å². The van der Waals surface area contributed by atoms with Gasteiger partial charge in [0.15, 0.2) is 11.6 Å². The van der Waals surface area contributed by atoms with Gasteiger partial charge in [-0.3, -0.25) is 4.79 Å². The first kappa shape index (κ1) is 17.7. The second-order valence-corrected chi connectivity index (χ2v) is 5.17. The molecule has 0 radical (unpaired) electrons. The Labute approximate surface area is 131 Å². The highest BCUT2D eigenvalue weighted by Gasteiger charge is 2.18. The van der Waals surface area contributed by atoms with E-state index < -0.39 is 5.82 Å². The molecule has 118 valence electrons. The second-order valence-electron chi connectivity index (χ2n) is 5.17. The molecule has 1 atom stereocenters. The standard InChI is InChI=1S/C15H21FN2O2.ClH/c1-18(12-4-5-14(20-2)13(16)9-12)15(19)6-3-11-7-8-17-10-11;/h4-5,9,11,17H,3,6-8,10H2,1-2H3;1H. The summed E-state index contributed by atoms with van der Waals surface area (Å²) < 4.78 is 18.5. The van der Waals surface area contributed by atoms with E-state index in [4.69, 9.17) is 4.74 Å². The highest BCUT2D eigenvalue weighted by molar-refractivity contribution is 5.92. The number of benzene rings is 1. The SMILES string of the molecule is COc1ccc(N(C)C(=O)CCC2CCNC2)cc1F.Cl. The maximum atomic E-state index is 13.6. The maximum Gasteiger partial charge on any atom is 0.226 e. The molecule has 2 rings (SSSR count). The Morgan fingerprint density at radius 2 is 2.29 bits per heavy atom. The van der Waals surface area contributed by atoms with E-state index in [0.717, 1.165) is 25.9 Å². The Morgan fingerprint density at radius 1 is 1.52 bits per heavy atom. The number of carbonyl (C=O) groups is 1. The number of hydrogen-bond donors (Lipinski definition) is 1. The van der Waals surface area contributed by atoms with E-state index in [1.807, 2.05) is 0 Å². The highest BCUT2D eigenvalue weighted by atomic mass is 35.5. The first-order valence-electron chi connectivity index (χ1n) is 6.92. The lowest BCUT2D eigenvalue weighted by molar-refractivity contribution is -0.118. The molecule has 0 spiro atoms. The van der Waals surface area contributed by atoms with E-state index in [0.29, 0.717) is 18.0 Å². The lowest BCUT2D eigenvalue weighted by Crippen LogP contribution is -2.26. The number of nitrogens with one attached hydrogen (secondary N) is 1. The number of carbonyl (C=O) groups excluding carboxylic acids is 1. The third-order valence-corrected chi connectivity index (χ3v) is 3.83. The van der Waals surface area contributed by atoms with Crippen LogP contribution in [-0.2, 0) is 4.79 Å². The summed E-state index contributed by atoms with van der Waals surface area (Å²) in [6.07, 6.45) is 2.51. The van der Waals surface area contributed by atoms with Crippen LogP contribution in [-0.4, -0.2) is 33.2 Å². The normalized spacial score (nSPS) is 17.2. The van der Waals surface area contributed by atoms with E-state index in [2.05, 4.69) is 5.32 Å². The Hall–Kier alpha value is -1.33. The number of halogens is 2. The van der Waals surface area contributed by atoms with Gasteiger partial charge in [0.2, 0.25) is 5.91 Å². The van der Waals surface area contributed by atoms with Crippen LogP contribution < -0.4 is 15.0 Å². The molecule has 21 heavy (non-hydrogen) atoms. The van der Waals surface area contributed by atoms with Crippen LogP contribution in [0.2, 0.25) is 0 Å². The molecule has 1 heterocycles. The minimum Gasteiger partial charge on any atom is -0.494 e. The van der Waals surface area contributed by atoms with Gasteiger partial charge < -0.3 is 15.0 Å². The number of nitrogens with zero attached hydrogens (tertiary/aromatic N) is 1. The number of ether oxygens (including phenoxy) is 1. The zero-order chi connectivity index (χ0) is 14.5. The topological polar surface area (TPSA) is 41.6 Å². The van der Waals surface area contributed by atoms with Gasteiger partial charge in [-0.1, -0.05) is 0 Å². The van der Waals surface area contributed by atoms with Crippen molar-refractivity contribution < 1.29 is 13.9 Å². The molecule has 1 N–H and O–H groups in total. The van der Waals surface area contributed by atoms with Crippen molar-refractivity contribution >= 4 is 24.0 Å². The molecule has 1 unspecified atom stereocenters. The quantitative estimate of drug-likeness (QED) is 0.908. The molecule has 1 aromatic carbocycles. The summed E-state index contributed by atoms with van der Waals surface area (Å²) in [5.74, 6) is 0.331. The Bertz CT molecular complexity index is 479. The lowest BCUT2D eigenvalue weighted by atomic mass is 10.0. The van der Waals surface area contributed by atoms with Gasteiger partial charge in [-0.2, -0.15) is 0 Å². The van der Waals surface area contributed by atoms with Gasteiger partial charge in [0.25, 0.3) is 0 Å². The molecule has 1 aromatic rings. The number of hydrogen-bond acceptors (Lipinski definition) is 3. The summed E-state index contributed by atoms with van der Waals surface area (Å²) in [7, 11) is 3.10. The van der Waals surface area contributed by atoms with E-state index in [-0.39, 0.29) is 24.1 Å². The molecule has 1 aliphatic rings. The number of rotatable bonds is 5. The summed E-state index contributed by atoms with van der Waals surface area (Å²) >= 11 is 0. The van der Waals surface area contributed by atoms with Gasteiger partial charge in [-0.05, 0) is 44.0 Å². The summed E-state index contributed by atoms with van der Waals surface area (Å²) in [5, 5.41) is 3.29. The van der Waals surface area contributed by atoms with Crippen LogP contribution in [0.1, 0.15) is 19.3 Å². The zero-order valence-corrected chi connectivity index (χ0v) is 13.2. The number of anilines is 1. The average molecular weight is 317 g/mol. The Morgan fingerprint density at radius 3 is 2.86 bits per heavy atom. The molecule has 0 bridgehead atoms. The van der Waals surface area contributed by atoms with Crippen molar-refractivity contribution in [2.75, 3.05) is 32.1 Å². The molecular weight excluding hydrogens is 295 g/mol. The summed E-state index contributed by atoms with van der Waals surface area (Å²) in [6, 6.07) is 4.56. The van der Waals surface area contributed by atoms with Crippen molar-refractivity contribution in [3.8, 4) is 5.75 Å². The van der Waals surface area contributed by atoms with Crippen molar-refractivity contribution in [3.63, 3.8) is 0 Å². The molecule has 6 heteroatoms. The van der Waals surface area contributed by atoms with Crippen molar-refractivity contribution in [1.82, 2.24) is 5.32 Å². The maximum absolute atomic E-state index is 13.6. The first-order valence-corrected chi connectivity index (χ1v) is 6.92. The minimum atomic E-state index is -0.454. The van der Waals surface area contributed by atoms with Crippen LogP contribution >= 0.6 is 12.4 Å². The first-order chi connectivity index (χ1) is 9.61. The van der Waals surface area contributed by atoms with E-state index in [1.165, 1.54) is 24.1 Å². The van der Waals surface area contributed by atoms with Crippen LogP contribution in [0.5, 0.6) is 5.75 Å². The number of amides is 1. The Balaban J connectivity index is 0.00000220. The van der Waals surface area contributed by atoms with Gasteiger partial charge in [-0.15, -0.1) is 12.4 Å². The van der Waals surface area contributed by atoms with Gasteiger partial charge in [0.05, 0.1) is 7.11 Å². The van der Waals surface area contributed by atoms with E-state index in [9.17, 15) is 9.18 Å². The molecule has 0 saturated carbocycles. The van der Waals surface area contributed by atoms with Crippen LogP contribution in [0.4, 0.5) is 10.1 Å². The third-order valence-electron chi connectivity index (χ3n) is 3.83. The molecule has 1 amide bonds. The summed E-state index contributed by atoms with van der Waals surface area (Å²) in [4.78, 5) is 13.6. The fraction of sp³-hybridized carbons (Fsp3) is 0.533. The summed E-state index contributed by atoms with van der Waals surface area (Å²) in [5.41, 5.74) is 0.554. The predicted molar refractivity (Wildman–Crippen MR) is 83.8 cm³/mol. The molecule has 0 aliphatic carbocycles. The third kappa shape index (κ3) is 4.58. The average Bonchev–Trinajstić information content (AvgIpc) is 2.97. The van der Waals surface area contributed by atoms with Gasteiger partial charge >= 0.3 is 0 Å². The van der Waals surface area contributed by atoms with Crippen LogP contribution in [0.15, 0.2) is 18.2 Å². The smallest absolute Gasteiger partial charge is 0.226 e. The van der Waals surface area contributed by atoms with Gasteiger partial charge in [-0.25, -0.2) is 4.39 Å². The van der Waals surface area contributed by atoms with Crippen LogP contribution in [0.25, 0.3) is 0 Å². The minimum absolute atomic E-state index is 0. The van der Waals surface area contributed by atoms with Gasteiger partial charge in [0.1, 0.15) is 0 Å². The molecule has 0 aromatic heterocycles. The highest BCUT2D eigenvalue weighted by Crippen LogP contribution is 2.24. The second kappa shape index (κ2) is 8.20. The Kier molecular flexibility index (Phi) is 6.92. The summed E-state index contributed by atoms with van der Waals surface area (Å²) in [6.45, 7) is 2.03. The van der Waals surface area contributed by atoms with Crippen molar-refractivity contribution in [2.45, 2.75) is 19.3 Å². The largest absolute Gasteiger partial charge is 0.494 e. The number of methoxy groups -OCH3 is 1. The fourth-order valence-corrected chi connectivity index (χ4v) is 2.46. The van der Waals surface area contributed by atoms with Crippen molar-refractivity contribution in [3.05, 3.63) is 24.0 Å². The van der Waals surface area contributed by atoms with Crippen LogP contribution in [0, 0.1) is 11.7 Å². The predicted octanol–water partition coefficient (Wildman–Crippen LogP) is 2.61. The molecule has 1 saturated heterocycles. The van der Waals surface area contributed by atoms with E-state index in [1.54, 1.807) is 13.1 Å². The molecule has 1 fully saturated rings. The molecule has 4 nitrogen and oxygen atoms in total. The monoisotopic (exact) mass is 316 g/mol. The van der Waals surface area contributed by atoms with Gasteiger partial charge in [0, 0.05) is 25.2 Å². The van der Waals surface area contributed by atoms with Crippen molar-refractivity contribution in [2.24, 2.45) is 5.92 Å².